The van der Waals surface area contributed by atoms with E-state index in [4.69, 9.17) is 4.74 Å². The van der Waals surface area contributed by atoms with E-state index in [1.165, 1.54) is 19.2 Å². The summed E-state index contributed by atoms with van der Waals surface area (Å²) in [5.41, 5.74) is 0.279. The predicted octanol–water partition coefficient (Wildman–Crippen LogP) is 3.56. The minimum absolute atomic E-state index is 0.132. The van der Waals surface area contributed by atoms with Gasteiger partial charge in [-0.25, -0.2) is 0 Å². The van der Waals surface area contributed by atoms with Crippen molar-refractivity contribution in [2.24, 2.45) is 0 Å². The molecule has 0 bridgehead atoms. The van der Waals surface area contributed by atoms with Gasteiger partial charge in [0, 0.05) is 17.3 Å². The van der Waals surface area contributed by atoms with Crippen molar-refractivity contribution in [1.82, 2.24) is 0 Å². The Morgan fingerprint density at radius 1 is 1.33 bits per heavy atom. The second kappa shape index (κ2) is 6.08. The van der Waals surface area contributed by atoms with Crippen molar-refractivity contribution in [3.8, 4) is 11.5 Å². The van der Waals surface area contributed by atoms with Crippen molar-refractivity contribution in [1.29, 1.82) is 0 Å². The molecule has 0 heterocycles. The third-order valence-electron chi connectivity index (χ3n) is 2.03. The first-order valence-electron chi connectivity index (χ1n) is 4.90. The SMILES string of the molecule is COc1cc(C(=O)CCBr)ccc1OC(F)(F)F. The molecule has 0 radical (unpaired) electrons. The van der Waals surface area contributed by atoms with Crippen LogP contribution in [0.4, 0.5) is 13.2 Å². The van der Waals surface area contributed by atoms with E-state index in [-0.39, 0.29) is 23.5 Å². The van der Waals surface area contributed by atoms with E-state index in [1.54, 1.807) is 0 Å². The Bertz CT molecular complexity index is 432. The van der Waals surface area contributed by atoms with Crippen LogP contribution >= 0.6 is 15.9 Å². The summed E-state index contributed by atoms with van der Waals surface area (Å²) in [5.74, 6) is -0.795. The maximum atomic E-state index is 12.1. The molecule has 0 spiro atoms. The van der Waals surface area contributed by atoms with E-state index in [2.05, 4.69) is 20.7 Å². The average molecular weight is 327 g/mol. The minimum Gasteiger partial charge on any atom is -0.493 e. The maximum Gasteiger partial charge on any atom is 0.573 e. The van der Waals surface area contributed by atoms with Gasteiger partial charge < -0.3 is 9.47 Å². The van der Waals surface area contributed by atoms with Gasteiger partial charge in [-0.15, -0.1) is 13.2 Å². The van der Waals surface area contributed by atoms with Gasteiger partial charge >= 0.3 is 6.36 Å². The lowest BCUT2D eigenvalue weighted by molar-refractivity contribution is -0.275. The van der Waals surface area contributed by atoms with Crippen LogP contribution in [0.5, 0.6) is 11.5 Å². The van der Waals surface area contributed by atoms with Crippen LogP contribution in [-0.2, 0) is 0 Å². The number of benzene rings is 1. The highest BCUT2D eigenvalue weighted by Gasteiger charge is 2.32. The highest BCUT2D eigenvalue weighted by atomic mass is 79.9. The average Bonchev–Trinajstić information content (AvgIpc) is 2.27. The number of carbonyl (C=O) groups is 1. The molecule has 0 aromatic heterocycles. The van der Waals surface area contributed by atoms with E-state index in [0.717, 1.165) is 6.07 Å². The number of ether oxygens (including phenoxy) is 2. The molecule has 0 amide bonds. The van der Waals surface area contributed by atoms with Crippen molar-refractivity contribution < 1.29 is 27.4 Å². The van der Waals surface area contributed by atoms with Gasteiger partial charge in [0.25, 0.3) is 0 Å². The number of alkyl halides is 4. The lowest BCUT2D eigenvalue weighted by atomic mass is 10.1. The van der Waals surface area contributed by atoms with Crippen molar-refractivity contribution in [3.05, 3.63) is 23.8 Å². The van der Waals surface area contributed by atoms with E-state index < -0.39 is 12.1 Å². The van der Waals surface area contributed by atoms with Gasteiger partial charge in [0.05, 0.1) is 7.11 Å². The van der Waals surface area contributed by atoms with Crippen LogP contribution in [0.15, 0.2) is 18.2 Å². The van der Waals surface area contributed by atoms with Gasteiger partial charge in [0.15, 0.2) is 17.3 Å². The van der Waals surface area contributed by atoms with Crippen LogP contribution < -0.4 is 9.47 Å². The number of rotatable bonds is 5. The monoisotopic (exact) mass is 326 g/mol. The fourth-order valence-electron chi connectivity index (χ4n) is 1.28. The smallest absolute Gasteiger partial charge is 0.493 e. The van der Waals surface area contributed by atoms with E-state index in [1.807, 2.05) is 0 Å². The minimum atomic E-state index is -4.80. The molecule has 0 aliphatic rings. The Balaban J connectivity index is 3.00. The topological polar surface area (TPSA) is 35.5 Å². The van der Waals surface area contributed by atoms with Gasteiger partial charge in [0.1, 0.15) is 0 Å². The number of hydrogen-bond donors (Lipinski definition) is 0. The zero-order chi connectivity index (χ0) is 13.8. The first-order valence-corrected chi connectivity index (χ1v) is 6.02. The van der Waals surface area contributed by atoms with Gasteiger partial charge in [-0.2, -0.15) is 0 Å². The van der Waals surface area contributed by atoms with Crippen molar-refractivity contribution in [2.75, 3.05) is 12.4 Å². The standard InChI is InChI=1S/C11H10BrF3O3/c1-17-10-6-7(8(16)4-5-12)2-3-9(10)18-11(13,14)15/h2-3,6H,4-5H2,1H3. The fourth-order valence-corrected chi connectivity index (χ4v) is 1.64. The molecular formula is C11H10BrF3O3. The molecule has 0 unspecified atom stereocenters. The number of Topliss-reactive ketones (excluding diaryl/α,β-unsaturated/α-hetero) is 1. The molecule has 0 fully saturated rings. The van der Waals surface area contributed by atoms with Crippen LogP contribution in [0.2, 0.25) is 0 Å². The second-order valence-electron chi connectivity index (χ2n) is 3.28. The Hall–Kier alpha value is -1.24. The zero-order valence-corrected chi connectivity index (χ0v) is 11.0. The summed E-state index contributed by atoms with van der Waals surface area (Å²) >= 11 is 3.11. The molecule has 3 nitrogen and oxygen atoms in total. The molecule has 1 aromatic carbocycles. The van der Waals surface area contributed by atoms with Crippen LogP contribution in [0.1, 0.15) is 16.8 Å². The van der Waals surface area contributed by atoms with Crippen LogP contribution in [-0.4, -0.2) is 24.6 Å². The van der Waals surface area contributed by atoms with Gasteiger partial charge in [-0.05, 0) is 18.2 Å². The molecule has 0 atom stereocenters. The molecule has 0 saturated carbocycles. The fraction of sp³-hybridized carbons (Fsp3) is 0.364. The van der Waals surface area contributed by atoms with Gasteiger partial charge in [0.2, 0.25) is 0 Å². The van der Waals surface area contributed by atoms with Gasteiger partial charge in [-0.3, -0.25) is 4.79 Å². The highest BCUT2D eigenvalue weighted by molar-refractivity contribution is 9.09. The largest absolute Gasteiger partial charge is 0.573 e. The molecule has 1 aromatic rings. The lowest BCUT2D eigenvalue weighted by Gasteiger charge is -2.13. The first kappa shape index (κ1) is 14.8. The molecular weight excluding hydrogens is 317 g/mol. The number of hydrogen-bond acceptors (Lipinski definition) is 3. The second-order valence-corrected chi connectivity index (χ2v) is 4.07. The number of methoxy groups -OCH3 is 1. The highest BCUT2D eigenvalue weighted by Crippen LogP contribution is 2.33. The molecule has 0 saturated heterocycles. The maximum absolute atomic E-state index is 12.1. The molecule has 0 aliphatic heterocycles. The number of carbonyl (C=O) groups excluding carboxylic acids is 1. The Kier molecular flexibility index (Phi) is 5.01. The summed E-state index contributed by atoms with van der Waals surface area (Å²) in [6.07, 6.45) is -4.54. The van der Waals surface area contributed by atoms with Crippen molar-refractivity contribution in [2.45, 2.75) is 12.8 Å². The van der Waals surface area contributed by atoms with Crippen LogP contribution in [0.25, 0.3) is 0 Å². The lowest BCUT2D eigenvalue weighted by Crippen LogP contribution is -2.17. The third kappa shape index (κ3) is 4.21. The summed E-state index contributed by atoms with van der Waals surface area (Å²) in [6.45, 7) is 0. The number of ketones is 1. The molecule has 100 valence electrons. The Morgan fingerprint density at radius 3 is 2.50 bits per heavy atom. The normalized spacial score (nSPS) is 11.2. The van der Waals surface area contributed by atoms with E-state index >= 15 is 0 Å². The summed E-state index contributed by atoms with van der Waals surface area (Å²) in [4.78, 5) is 11.6. The Morgan fingerprint density at radius 2 is 2.00 bits per heavy atom. The molecule has 0 N–H and O–H groups in total. The quantitative estimate of drug-likeness (QED) is 0.613. The molecule has 7 heteroatoms. The molecule has 0 aliphatic carbocycles. The summed E-state index contributed by atoms with van der Waals surface area (Å²) in [7, 11) is 1.21. The van der Waals surface area contributed by atoms with E-state index in [9.17, 15) is 18.0 Å². The predicted molar refractivity (Wildman–Crippen MR) is 62.4 cm³/mol. The molecule has 1 rings (SSSR count). The summed E-state index contributed by atoms with van der Waals surface area (Å²) < 4.78 is 44.8. The zero-order valence-electron chi connectivity index (χ0n) is 9.38. The number of halogens is 4. The van der Waals surface area contributed by atoms with Gasteiger partial charge in [-0.1, -0.05) is 15.9 Å². The van der Waals surface area contributed by atoms with E-state index in [0.29, 0.717) is 5.33 Å². The first-order chi connectivity index (χ1) is 8.37. The third-order valence-corrected chi connectivity index (χ3v) is 2.43. The summed E-state index contributed by atoms with van der Waals surface area (Å²) in [6, 6.07) is 3.56. The Labute approximate surface area is 110 Å². The van der Waals surface area contributed by atoms with Crippen LogP contribution in [0.3, 0.4) is 0 Å². The molecule has 18 heavy (non-hydrogen) atoms. The van der Waals surface area contributed by atoms with Crippen LogP contribution in [0, 0.1) is 0 Å². The van der Waals surface area contributed by atoms with Crippen molar-refractivity contribution >= 4 is 21.7 Å². The van der Waals surface area contributed by atoms with Crippen molar-refractivity contribution in [3.63, 3.8) is 0 Å². The summed E-state index contributed by atoms with van der Waals surface area (Å²) in [5, 5.41) is 0.481.